The molecule has 0 aliphatic carbocycles. The van der Waals surface area contributed by atoms with Crippen LogP contribution in [0.4, 0.5) is 0 Å². The summed E-state index contributed by atoms with van der Waals surface area (Å²) in [6.07, 6.45) is 2.55. The Morgan fingerprint density at radius 3 is 2.61 bits per heavy atom. The van der Waals surface area contributed by atoms with E-state index < -0.39 is 11.9 Å². The van der Waals surface area contributed by atoms with Gasteiger partial charge in [0.15, 0.2) is 22.1 Å². The minimum Gasteiger partial charge on any atom is -0.373 e. The van der Waals surface area contributed by atoms with Crippen LogP contribution < -0.4 is 0 Å². The number of pyridine rings is 1. The number of nitrogens with zero attached hydrogens (tertiary/aromatic N) is 1. The summed E-state index contributed by atoms with van der Waals surface area (Å²) in [5.74, 6) is -1.27. The smallest absolute Gasteiger partial charge is 0.352 e. The maximum atomic E-state index is 11.5. The first-order valence-electron chi connectivity index (χ1n) is 4.64. The Hall–Kier alpha value is -1.73. The van der Waals surface area contributed by atoms with Crippen LogP contribution in [0, 0.1) is 0 Å². The monoisotopic (exact) mass is 283 g/mol. The lowest BCUT2D eigenvalue weighted by atomic mass is 10.2. The quantitative estimate of drug-likeness (QED) is 0.344. The number of carbonyl (C=O) groups is 2. The van der Waals surface area contributed by atoms with Crippen molar-refractivity contribution < 1.29 is 18.0 Å². The SMILES string of the molecule is C=CC(=O)OSSOC(=O)C(=C)c1ccccn1. The first-order chi connectivity index (χ1) is 8.65. The summed E-state index contributed by atoms with van der Waals surface area (Å²) >= 11 is 1.23. The molecule has 5 nitrogen and oxygen atoms in total. The van der Waals surface area contributed by atoms with Crippen molar-refractivity contribution in [1.29, 1.82) is 0 Å². The van der Waals surface area contributed by atoms with Crippen LogP contribution >= 0.6 is 22.1 Å². The fourth-order valence-electron chi connectivity index (χ4n) is 0.822. The van der Waals surface area contributed by atoms with Crippen LogP contribution in [0.15, 0.2) is 43.6 Å². The van der Waals surface area contributed by atoms with Gasteiger partial charge in [0, 0.05) is 12.3 Å². The van der Waals surface area contributed by atoms with Gasteiger partial charge in [-0.25, -0.2) is 9.59 Å². The number of rotatable bonds is 6. The second-order valence-corrected chi connectivity index (χ2v) is 4.23. The van der Waals surface area contributed by atoms with Crippen LogP contribution in [0.3, 0.4) is 0 Å². The van der Waals surface area contributed by atoms with E-state index in [1.807, 2.05) is 0 Å². The predicted octanol–water partition coefficient (Wildman–Crippen LogP) is 2.58. The molecule has 0 atom stereocenters. The van der Waals surface area contributed by atoms with Gasteiger partial charge >= 0.3 is 11.9 Å². The van der Waals surface area contributed by atoms with Crippen LogP contribution in [0.2, 0.25) is 0 Å². The standard InChI is InChI=1S/C11H9NO4S2/c1-3-10(13)15-17-18-16-11(14)8(2)9-6-4-5-7-12-9/h3-7H,1-2H2. The summed E-state index contributed by atoms with van der Waals surface area (Å²) in [7, 11) is 0. The largest absolute Gasteiger partial charge is 0.373 e. The van der Waals surface area contributed by atoms with Crippen molar-refractivity contribution in [3.63, 3.8) is 0 Å². The Kier molecular flexibility index (Phi) is 6.03. The summed E-state index contributed by atoms with van der Waals surface area (Å²) in [5, 5.41) is 0. The summed E-state index contributed by atoms with van der Waals surface area (Å²) in [5.41, 5.74) is 0.551. The van der Waals surface area contributed by atoms with Crippen LogP contribution in [0.5, 0.6) is 0 Å². The zero-order chi connectivity index (χ0) is 13.4. The molecule has 0 saturated carbocycles. The third-order valence-electron chi connectivity index (χ3n) is 1.64. The molecule has 0 N–H and O–H groups in total. The Morgan fingerprint density at radius 1 is 1.28 bits per heavy atom. The molecule has 0 aliphatic rings. The molecule has 0 spiro atoms. The Morgan fingerprint density at radius 2 is 2.00 bits per heavy atom. The highest BCUT2D eigenvalue weighted by Gasteiger charge is 2.13. The predicted molar refractivity (Wildman–Crippen MR) is 70.8 cm³/mol. The molecule has 0 aliphatic heterocycles. The van der Waals surface area contributed by atoms with Crippen molar-refractivity contribution in [1.82, 2.24) is 4.98 Å². The van der Waals surface area contributed by atoms with Gasteiger partial charge in [-0.1, -0.05) is 19.2 Å². The lowest BCUT2D eigenvalue weighted by Crippen LogP contribution is -2.02. The highest BCUT2D eigenvalue weighted by molar-refractivity contribution is 8.73. The van der Waals surface area contributed by atoms with Crippen LogP contribution in [0.25, 0.3) is 5.57 Å². The first-order valence-corrected chi connectivity index (χ1v) is 6.64. The van der Waals surface area contributed by atoms with Crippen LogP contribution in [0.1, 0.15) is 5.69 Å². The van der Waals surface area contributed by atoms with E-state index >= 15 is 0 Å². The third-order valence-corrected chi connectivity index (χ3v) is 2.72. The van der Waals surface area contributed by atoms with Gasteiger partial charge in [0.2, 0.25) is 0 Å². The first kappa shape index (κ1) is 14.3. The molecule has 1 aromatic rings. The van der Waals surface area contributed by atoms with Crippen molar-refractivity contribution in [3.05, 3.63) is 49.3 Å². The third kappa shape index (κ3) is 4.64. The molecule has 1 heterocycles. The second-order valence-electron chi connectivity index (χ2n) is 2.81. The van der Waals surface area contributed by atoms with Gasteiger partial charge in [-0.3, -0.25) is 4.98 Å². The fraction of sp³-hybridized carbons (Fsp3) is 0. The maximum Gasteiger partial charge on any atom is 0.352 e. The molecule has 0 unspecified atom stereocenters. The maximum absolute atomic E-state index is 11.5. The van der Waals surface area contributed by atoms with E-state index in [0.29, 0.717) is 27.8 Å². The van der Waals surface area contributed by atoms with E-state index in [1.54, 1.807) is 24.4 Å². The molecule has 18 heavy (non-hydrogen) atoms. The summed E-state index contributed by atoms with van der Waals surface area (Å²) in [4.78, 5) is 26.1. The summed E-state index contributed by atoms with van der Waals surface area (Å²) in [6, 6.07) is 5.09. The molecule has 0 saturated heterocycles. The molecule has 1 aromatic heterocycles. The molecule has 94 valence electrons. The zero-order valence-electron chi connectivity index (χ0n) is 9.20. The Labute approximate surface area is 112 Å². The Balaban J connectivity index is 2.35. The average Bonchev–Trinajstić information content (AvgIpc) is 2.43. The van der Waals surface area contributed by atoms with E-state index in [9.17, 15) is 9.59 Å². The van der Waals surface area contributed by atoms with Crippen molar-refractivity contribution in [3.8, 4) is 0 Å². The number of aromatic nitrogens is 1. The molecule has 0 aromatic carbocycles. The lowest BCUT2D eigenvalue weighted by Gasteiger charge is -2.03. The van der Waals surface area contributed by atoms with Crippen molar-refractivity contribution in [2.75, 3.05) is 0 Å². The van der Waals surface area contributed by atoms with Crippen LogP contribution in [-0.2, 0) is 18.0 Å². The van der Waals surface area contributed by atoms with Crippen LogP contribution in [-0.4, -0.2) is 16.9 Å². The van der Waals surface area contributed by atoms with E-state index in [2.05, 4.69) is 22.3 Å². The molecule has 0 fully saturated rings. The van der Waals surface area contributed by atoms with Crippen molar-refractivity contribution in [2.24, 2.45) is 0 Å². The molecular weight excluding hydrogens is 274 g/mol. The van der Waals surface area contributed by atoms with Crippen molar-refractivity contribution >= 4 is 39.7 Å². The number of carbonyl (C=O) groups excluding carboxylic acids is 2. The van der Waals surface area contributed by atoms with Gasteiger partial charge in [0.25, 0.3) is 0 Å². The molecule has 7 heteroatoms. The zero-order valence-corrected chi connectivity index (χ0v) is 10.8. The summed E-state index contributed by atoms with van der Waals surface area (Å²) < 4.78 is 9.27. The highest BCUT2D eigenvalue weighted by atomic mass is 33.1. The fourth-order valence-corrected chi connectivity index (χ4v) is 1.73. The van der Waals surface area contributed by atoms with E-state index in [4.69, 9.17) is 4.18 Å². The molecule has 0 bridgehead atoms. The normalized spacial score (nSPS) is 9.33. The van der Waals surface area contributed by atoms with E-state index in [-0.39, 0.29) is 5.57 Å². The minimum atomic E-state index is -0.652. The molecular formula is C11H9NO4S2. The average molecular weight is 283 g/mol. The highest BCUT2D eigenvalue weighted by Crippen LogP contribution is 2.26. The van der Waals surface area contributed by atoms with E-state index in [0.717, 1.165) is 6.08 Å². The summed E-state index contributed by atoms with van der Waals surface area (Å²) in [6.45, 7) is 6.79. The lowest BCUT2D eigenvalue weighted by molar-refractivity contribution is -0.128. The molecule has 0 radical (unpaired) electrons. The van der Waals surface area contributed by atoms with Crippen molar-refractivity contribution in [2.45, 2.75) is 0 Å². The van der Waals surface area contributed by atoms with E-state index in [1.165, 1.54) is 0 Å². The van der Waals surface area contributed by atoms with Gasteiger partial charge in [-0.2, -0.15) is 0 Å². The van der Waals surface area contributed by atoms with Gasteiger partial charge in [-0.15, -0.1) is 0 Å². The van der Waals surface area contributed by atoms with Gasteiger partial charge < -0.3 is 8.37 Å². The number of hydrogen-bond acceptors (Lipinski definition) is 7. The van der Waals surface area contributed by atoms with Gasteiger partial charge in [0.05, 0.1) is 11.3 Å². The topological polar surface area (TPSA) is 65.5 Å². The second kappa shape index (κ2) is 7.57. The minimum absolute atomic E-state index is 0.124. The molecule has 0 amide bonds. The number of hydrogen-bond donors (Lipinski definition) is 0. The Bertz CT molecular complexity index is 461. The van der Waals surface area contributed by atoms with Gasteiger partial charge in [0.1, 0.15) is 0 Å². The van der Waals surface area contributed by atoms with Gasteiger partial charge in [-0.05, 0) is 12.1 Å². The molecule has 1 rings (SSSR count).